The fourth-order valence-corrected chi connectivity index (χ4v) is 4.38. The maximum Gasteiger partial charge on any atom is 0.330 e. The van der Waals surface area contributed by atoms with E-state index in [-0.39, 0.29) is 17.4 Å². The van der Waals surface area contributed by atoms with Gasteiger partial charge >= 0.3 is 11.9 Å². The van der Waals surface area contributed by atoms with E-state index in [1.54, 1.807) is 23.0 Å². The molecule has 1 aliphatic carbocycles. The number of ether oxygens (including phenoxy) is 2. The minimum Gasteiger partial charge on any atom is -0.465 e. The van der Waals surface area contributed by atoms with E-state index in [0.717, 1.165) is 25.7 Å². The summed E-state index contributed by atoms with van der Waals surface area (Å²) in [7, 11) is 0. The van der Waals surface area contributed by atoms with Crippen LogP contribution < -0.4 is 0 Å². The molecule has 0 radical (unpaired) electrons. The molecule has 1 fully saturated rings. The number of hydrogen-bond donors (Lipinski definition) is 0. The number of esters is 2. The summed E-state index contributed by atoms with van der Waals surface area (Å²) in [5.41, 5.74) is -1.13. The van der Waals surface area contributed by atoms with Crippen molar-refractivity contribution >= 4 is 34.9 Å². The molecule has 7 heteroatoms. The third-order valence-electron chi connectivity index (χ3n) is 5.10. The van der Waals surface area contributed by atoms with Gasteiger partial charge in [-0.25, -0.2) is 9.68 Å². The lowest BCUT2D eigenvalue weighted by Gasteiger charge is -2.39. The van der Waals surface area contributed by atoms with Crippen molar-refractivity contribution in [1.82, 2.24) is 0 Å². The summed E-state index contributed by atoms with van der Waals surface area (Å²) in [4.78, 5) is 29.3. The second kappa shape index (κ2) is 10.8. The average Bonchev–Trinajstić information content (AvgIpc) is 2.57. The monoisotopic (exact) mass is 496 g/mol. The van der Waals surface area contributed by atoms with Gasteiger partial charge in [0.1, 0.15) is 5.60 Å². The van der Waals surface area contributed by atoms with Crippen LogP contribution in [0.2, 0.25) is 0 Å². The average molecular weight is 496 g/mol. The van der Waals surface area contributed by atoms with Gasteiger partial charge in [0.25, 0.3) is 0 Å². The molecule has 0 spiro atoms. The Morgan fingerprint density at radius 3 is 1.93 bits per heavy atom. The smallest absolute Gasteiger partial charge is 0.330 e. The topological polar surface area (TPSA) is 71.1 Å². The van der Waals surface area contributed by atoms with Gasteiger partial charge in [-0.05, 0) is 56.8 Å². The standard InChI is InChI=1S/C20H33IO6/c1-7-16(22)24-12-14-8-10-15(11-9-14)13-25-18(23)17(19(2,3)4)20(5,6)26-27-21/h7,14-15,17H,1,8-13H2,2-6H3. The van der Waals surface area contributed by atoms with Crippen LogP contribution in [0.4, 0.5) is 0 Å². The highest BCUT2D eigenvalue weighted by Gasteiger charge is 2.46. The molecule has 1 unspecified atom stereocenters. The van der Waals surface area contributed by atoms with Gasteiger partial charge in [-0.2, -0.15) is 3.22 Å². The van der Waals surface area contributed by atoms with E-state index >= 15 is 0 Å². The van der Waals surface area contributed by atoms with Crippen LogP contribution >= 0.6 is 23.0 Å². The van der Waals surface area contributed by atoms with E-state index in [4.69, 9.17) is 17.6 Å². The van der Waals surface area contributed by atoms with Crippen molar-refractivity contribution in [1.29, 1.82) is 0 Å². The molecule has 1 rings (SSSR count). The van der Waals surface area contributed by atoms with Gasteiger partial charge in [0, 0.05) is 6.08 Å². The zero-order valence-corrected chi connectivity index (χ0v) is 19.2. The molecular weight excluding hydrogens is 463 g/mol. The highest BCUT2D eigenvalue weighted by molar-refractivity contribution is 14.1. The SMILES string of the molecule is C=CC(=O)OCC1CCC(COC(=O)C(C(C)(C)C)C(C)(C)OOI)CC1. The number of carbonyl (C=O) groups is 2. The molecule has 0 aromatic heterocycles. The van der Waals surface area contributed by atoms with Gasteiger partial charge in [0.15, 0.2) is 23.0 Å². The highest BCUT2D eigenvalue weighted by Crippen LogP contribution is 2.39. The lowest BCUT2D eigenvalue weighted by atomic mass is 9.72. The molecule has 27 heavy (non-hydrogen) atoms. The number of carbonyl (C=O) groups excluding carboxylic acids is 2. The first-order valence-corrected chi connectivity index (χ1v) is 10.3. The third kappa shape index (κ3) is 8.07. The number of hydrogen-bond acceptors (Lipinski definition) is 6. The van der Waals surface area contributed by atoms with E-state index in [9.17, 15) is 9.59 Å². The van der Waals surface area contributed by atoms with E-state index in [1.165, 1.54) is 6.08 Å². The van der Waals surface area contributed by atoms with Crippen molar-refractivity contribution in [3.05, 3.63) is 12.7 Å². The zero-order valence-electron chi connectivity index (χ0n) is 17.1. The first kappa shape index (κ1) is 24.4. The summed E-state index contributed by atoms with van der Waals surface area (Å²) in [5.74, 6) is -0.390. The van der Waals surface area contributed by atoms with Crippen molar-refractivity contribution in [3.8, 4) is 0 Å². The van der Waals surface area contributed by atoms with Crippen molar-refractivity contribution in [2.24, 2.45) is 23.2 Å². The van der Waals surface area contributed by atoms with Crippen LogP contribution in [0.3, 0.4) is 0 Å². The Morgan fingerprint density at radius 2 is 1.52 bits per heavy atom. The Morgan fingerprint density at radius 1 is 1.04 bits per heavy atom. The van der Waals surface area contributed by atoms with Crippen LogP contribution in [0.15, 0.2) is 12.7 Å². The van der Waals surface area contributed by atoms with Crippen LogP contribution in [-0.4, -0.2) is 30.8 Å². The van der Waals surface area contributed by atoms with Crippen molar-refractivity contribution in [2.45, 2.75) is 65.9 Å². The van der Waals surface area contributed by atoms with Crippen LogP contribution in [0.25, 0.3) is 0 Å². The molecule has 1 aliphatic rings. The fourth-order valence-electron chi connectivity index (χ4n) is 3.92. The molecule has 0 bridgehead atoms. The molecule has 0 amide bonds. The van der Waals surface area contributed by atoms with Crippen LogP contribution in [0.5, 0.6) is 0 Å². The molecule has 0 N–H and O–H groups in total. The Kier molecular flexibility index (Phi) is 9.71. The number of halogens is 1. The Bertz CT molecular complexity index is 503. The second-order valence-electron chi connectivity index (χ2n) is 8.90. The molecule has 0 saturated heterocycles. The van der Waals surface area contributed by atoms with Gasteiger partial charge in [-0.15, -0.1) is 0 Å². The largest absolute Gasteiger partial charge is 0.465 e. The van der Waals surface area contributed by atoms with Crippen molar-refractivity contribution < 1.29 is 27.2 Å². The van der Waals surface area contributed by atoms with E-state index in [1.807, 2.05) is 34.6 Å². The van der Waals surface area contributed by atoms with Crippen LogP contribution in [0, 0.1) is 23.2 Å². The lowest BCUT2D eigenvalue weighted by Crippen LogP contribution is -2.47. The fraction of sp³-hybridized carbons (Fsp3) is 0.800. The van der Waals surface area contributed by atoms with Gasteiger partial charge in [-0.3, -0.25) is 4.79 Å². The van der Waals surface area contributed by atoms with E-state index in [0.29, 0.717) is 25.0 Å². The molecule has 1 saturated carbocycles. The summed E-state index contributed by atoms with van der Waals surface area (Å²) in [5, 5.41) is 0. The Balaban J connectivity index is 2.51. The Labute approximate surface area is 176 Å². The molecule has 0 heterocycles. The molecule has 0 aromatic carbocycles. The maximum atomic E-state index is 12.8. The van der Waals surface area contributed by atoms with Crippen molar-refractivity contribution in [3.63, 3.8) is 0 Å². The third-order valence-corrected chi connectivity index (χ3v) is 5.28. The predicted molar refractivity (Wildman–Crippen MR) is 111 cm³/mol. The minimum absolute atomic E-state index is 0.261. The molecule has 1 atom stereocenters. The molecule has 0 aliphatic heterocycles. The van der Waals surface area contributed by atoms with Crippen LogP contribution in [0.1, 0.15) is 60.3 Å². The van der Waals surface area contributed by atoms with Gasteiger partial charge in [0.2, 0.25) is 0 Å². The van der Waals surface area contributed by atoms with E-state index < -0.39 is 11.5 Å². The first-order chi connectivity index (χ1) is 12.5. The quantitative estimate of drug-likeness (QED) is 0.150. The van der Waals surface area contributed by atoms with Crippen molar-refractivity contribution in [2.75, 3.05) is 13.2 Å². The molecular formula is C20H33IO6. The summed E-state index contributed by atoms with van der Waals surface area (Å²) in [6, 6.07) is 0. The summed E-state index contributed by atoms with van der Waals surface area (Å²) in [6.45, 7) is 13.9. The van der Waals surface area contributed by atoms with E-state index in [2.05, 4.69) is 6.58 Å². The second-order valence-corrected chi connectivity index (χ2v) is 9.26. The van der Waals surface area contributed by atoms with Gasteiger partial charge < -0.3 is 9.47 Å². The zero-order chi connectivity index (χ0) is 20.7. The lowest BCUT2D eigenvalue weighted by molar-refractivity contribution is -0.277. The number of rotatable bonds is 9. The minimum atomic E-state index is -0.802. The predicted octanol–water partition coefficient (Wildman–Crippen LogP) is 4.80. The summed E-state index contributed by atoms with van der Waals surface area (Å²) >= 11 is 1.66. The highest BCUT2D eigenvalue weighted by atomic mass is 127. The first-order valence-electron chi connectivity index (χ1n) is 9.43. The van der Waals surface area contributed by atoms with Crippen LogP contribution in [-0.2, 0) is 27.2 Å². The molecule has 0 aromatic rings. The molecule has 6 nitrogen and oxygen atoms in total. The van der Waals surface area contributed by atoms with Gasteiger partial charge in [0.05, 0.1) is 19.1 Å². The van der Waals surface area contributed by atoms with Gasteiger partial charge in [-0.1, -0.05) is 27.4 Å². The summed E-state index contributed by atoms with van der Waals surface area (Å²) in [6.07, 6.45) is 5.03. The normalized spacial score (nSPS) is 22.0. The molecule has 156 valence electrons. The Hall–Kier alpha value is -0.670. The maximum absolute atomic E-state index is 12.8. The summed E-state index contributed by atoms with van der Waals surface area (Å²) < 4.78 is 15.6.